The largest absolute Gasteiger partial charge is 0.355 e. The fourth-order valence-electron chi connectivity index (χ4n) is 5.35. The standard InChI is InChI=1S/C23H37N5O2S/c1-24-23(25-10-13-26-14-16-31(29,30)17-15-26)28-12-9-22-21(19-28)8-5-11-27(22)18-20-6-3-2-4-7-20/h2-4,6-7,21-22H,5,8-19H2,1H3,(H,24,25). The van der Waals surface area contributed by atoms with E-state index in [-0.39, 0.29) is 11.5 Å². The Labute approximate surface area is 187 Å². The molecule has 31 heavy (non-hydrogen) atoms. The van der Waals surface area contributed by atoms with Crippen molar-refractivity contribution in [3.8, 4) is 0 Å². The van der Waals surface area contributed by atoms with E-state index >= 15 is 0 Å². The zero-order valence-corrected chi connectivity index (χ0v) is 19.6. The van der Waals surface area contributed by atoms with Crippen LogP contribution in [-0.2, 0) is 16.4 Å². The van der Waals surface area contributed by atoms with Crippen LogP contribution in [0.5, 0.6) is 0 Å². The molecule has 1 N–H and O–H groups in total. The van der Waals surface area contributed by atoms with Gasteiger partial charge < -0.3 is 10.2 Å². The van der Waals surface area contributed by atoms with Crippen LogP contribution in [0, 0.1) is 5.92 Å². The van der Waals surface area contributed by atoms with Gasteiger partial charge in [-0.3, -0.25) is 14.8 Å². The Balaban J connectivity index is 1.26. The number of benzene rings is 1. The number of hydrogen-bond acceptors (Lipinski definition) is 5. The molecule has 0 aromatic heterocycles. The van der Waals surface area contributed by atoms with Gasteiger partial charge in [0.25, 0.3) is 0 Å². The van der Waals surface area contributed by atoms with E-state index in [2.05, 4.69) is 55.3 Å². The van der Waals surface area contributed by atoms with Crippen molar-refractivity contribution in [2.24, 2.45) is 10.9 Å². The lowest BCUT2D eigenvalue weighted by molar-refractivity contribution is 0.0372. The van der Waals surface area contributed by atoms with Gasteiger partial charge >= 0.3 is 0 Å². The van der Waals surface area contributed by atoms with E-state index in [1.54, 1.807) is 0 Å². The number of fused-ring (bicyclic) bond motifs is 1. The summed E-state index contributed by atoms with van der Waals surface area (Å²) in [6, 6.07) is 11.5. The zero-order chi connectivity index (χ0) is 21.7. The van der Waals surface area contributed by atoms with E-state index in [1.807, 2.05) is 7.05 Å². The quantitative estimate of drug-likeness (QED) is 0.542. The van der Waals surface area contributed by atoms with Crippen molar-refractivity contribution in [2.75, 3.05) is 64.4 Å². The maximum Gasteiger partial charge on any atom is 0.193 e. The summed E-state index contributed by atoms with van der Waals surface area (Å²) >= 11 is 0. The molecule has 4 rings (SSSR count). The Kier molecular flexibility index (Phi) is 7.51. The molecule has 2 atom stereocenters. The fourth-order valence-corrected chi connectivity index (χ4v) is 6.62. The summed E-state index contributed by atoms with van der Waals surface area (Å²) in [6.45, 7) is 7.32. The van der Waals surface area contributed by atoms with Crippen molar-refractivity contribution in [1.82, 2.24) is 20.0 Å². The Hall–Kier alpha value is -1.64. The zero-order valence-electron chi connectivity index (χ0n) is 18.7. The van der Waals surface area contributed by atoms with Gasteiger partial charge in [-0.25, -0.2) is 8.42 Å². The lowest BCUT2D eigenvalue weighted by Gasteiger charge is -2.48. The van der Waals surface area contributed by atoms with E-state index in [0.717, 1.165) is 38.7 Å². The topological polar surface area (TPSA) is 68.2 Å². The van der Waals surface area contributed by atoms with E-state index < -0.39 is 9.84 Å². The predicted octanol–water partition coefficient (Wildman–Crippen LogP) is 1.28. The van der Waals surface area contributed by atoms with Gasteiger partial charge in [-0.05, 0) is 37.3 Å². The molecule has 0 saturated carbocycles. The summed E-state index contributed by atoms with van der Waals surface area (Å²) in [6.07, 6.45) is 3.75. The molecule has 3 saturated heterocycles. The van der Waals surface area contributed by atoms with Crippen LogP contribution in [0.1, 0.15) is 24.8 Å². The minimum atomic E-state index is -2.81. The van der Waals surface area contributed by atoms with E-state index in [4.69, 9.17) is 0 Å². The van der Waals surface area contributed by atoms with E-state index in [0.29, 0.717) is 25.0 Å². The molecule has 3 aliphatic rings. The van der Waals surface area contributed by atoms with Crippen molar-refractivity contribution in [2.45, 2.75) is 31.8 Å². The Morgan fingerprint density at radius 3 is 2.61 bits per heavy atom. The molecule has 0 bridgehead atoms. The molecule has 8 heteroatoms. The summed E-state index contributed by atoms with van der Waals surface area (Å²) < 4.78 is 23.2. The van der Waals surface area contributed by atoms with Crippen molar-refractivity contribution in [3.05, 3.63) is 35.9 Å². The van der Waals surface area contributed by atoms with E-state index in [1.165, 1.54) is 31.4 Å². The molecule has 2 unspecified atom stereocenters. The first kappa shape index (κ1) is 22.6. The molecule has 3 fully saturated rings. The van der Waals surface area contributed by atoms with Gasteiger partial charge in [-0.15, -0.1) is 0 Å². The molecule has 0 spiro atoms. The second-order valence-electron chi connectivity index (χ2n) is 9.13. The Morgan fingerprint density at radius 1 is 1.10 bits per heavy atom. The van der Waals surface area contributed by atoms with Crippen molar-refractivity contribution >= 4 is 15.8 Å². The highest BCUT2D eigenvalue weighted by molar-refractivity contribution is 7.91. The van der Waals surface area contributed by atoms with Gasteiger partial charge in [-0.1, -0.05) is 30.3 Å². The molecule has 3 aliphatic heterocycles. The van der Waals surface area contributed by atoms with Gasteiger partial charge in [-0.2, -0.15) is 0 Å². The molecule has 1 aromatic rings. The molecule has 0 radical (unpaired) electrons. The highest BCUT2D eigenvalue weighted by Crippen LogP contribution is 2.31. The maximum atomic E-state index is 11.6. The lowest BCUT2D eigenvalue weighted by Crippen LogP contribution is -2.57. The summed E-state index contributed by atoms with van der Waals surface area (Å²) in [4.78, 5) is 11.9. The molecule has 0 amide bonds. The predicted molar refractivity (Wildman–Crippen MR) is 126 cm³/mol. The minimum Gasteiger partial charge on any atom is -0.355 e. The number of aliphatic imine (C=N–C) groups is 1. The molecule has 3 heterocycles. The van der Waals surface area contributed by atoms with Gasteiger partial charge in [0.2, 0.25) is 0 Å². The first-order chi connectivity index (χ1) is 15.0. The van der Waals surface area contributed by atoms with Crippen LogP contribution in [0.4, 0.5) is 0 Å². The highest BCUT2D eigenvalue weighted by atomic mass is 32.2. The Bertz CT molecular complexity index is 831. The van der Waals surface area contributed by atoms with Gasteiger partial charge in [0.1, 0.15) is 0 Å². The Morgan fingerprint density at radius 2 is 1.87 bits per heavy atom. The maximum absolute atomic E-state index is 11.6. The number of nitrogens with zero attached hydrogens (tertiary/aromatic N) is 4. The normalized spacial score (nSPS) is 27.6. The smallest absolute Gasteiger partial charge is 0.193 e. The molecule has 1 aromatic carbocycles. The molecule has 0 aliphatic carbocycles. The van der Waals surface area contributed by atoms with Crippen molar-refractivity contribution in [3.63, 3.8) is 0 Å². The number of nitrogens with one attached hydrogen (secondary N) is 1. The summed E-state index contributed by atoms with van der Waals surface area (Å²) in [5, 5.41) is 3.52. The van der Waals surface area contributed by atoms with Crippen LogP contribution in [0.2, 0.25) is 0 Å². The number of guanidine groups is 1. The number of hydrogen-bond donors (Lipinski definition) is 1. The summed E-state index contributed by atoms with van der Waals surface area (Å²) in [7, 11) is -0.947. The molecular formula is C23H37N5O2S. The van der Waals surface area contributed by atoms with Gasteiger partial charge in [0.15, 0.2) is 15.8 Å². The van der Waals surface area contributed by atoms with Crippen LogP contribution < -0.4 is 5.32 Å². The number of rotatable bonds is 5. The average molecular weight is 448 g/mol. The number of piperidine rings is 2. The number of likely N-dealkylation sites (tertiary alicyclic amines) is 2. The SMILES string of the molecule is CN=C(NCCN1CCS(=O)(=O)CC1)N1CCC2C(CCCN2Cc2ccccc2)C1. The van der Waals surface area contributed by atoms with Gasteiger partial charge in [0.05, 0.1) is 11.5 Å². The lowest BCUT2D eigenvalue weighted by atomic mass is 9.83. The average Bonchev–Trinajstić information content (AvgIpc) is 2.78. The van der Waals surface area contributed by atoms with Crippen LogP contribution in [0.25, 0.3) is 0 Å². The first-order valence-corrected chi connectivity index (χ1v) is 13.5. The summed E-state index contributed by atoms with van der Waals surface area (Å²) in [5.41, 5.74) is 1.41. The van der Waals surface area contributed by atoms with Crippen LogP contribution in [0.15, 0.2) is 35.3 Å². The third kappa shape index (κ3) is 5.99. The molecular weight excluding hydrogens is 410 g/mol. The molecule has 172 valence electrons. The van der Waals surface area contributed by atoms with Crippen LogP contribution >= 0.6 is 0 Å². The number of sulfone groups is 1. The minimum absolute atomic E-state index is 0.288. The third-order valence-electron chi connectivity index (χ3n) is 7.07. The highest BCUT2D eigenvalue weighted by Gasteiger charge is 2.36. The van der Waals surface area contributed by atoms with Crippen LogP contribution in [-0.4, -0.2) is 99.5 Å². The fraction of sp³-hybridized carbons (Fsp3) is 0.696. The third-order valence-corrected chi connectivity index (χ3v) is 8.68. The molecule has 7 nitrogen and oxygen atoms in total. The second kappa shape index (κ2) is 10.3. The second-order valence-corrected chi connectivity index (χ2v) is 11.4. The van der Waals surface area contributed by atoms with Crippen LogP contribution in [0.3, 0.4) is 0 Å². The first-order valence-electron chi connectivity index (χ1n) is 11.7. The monoisotopic (exact) mass is 447 g/mol. The van der Waals surface area contributed by atoms with E-state index in [9.17, 15) is 8.42 Å². The van der Waals surface area contributed by atoms with Crippen molar-refractivity contribution in [1.29, 1.82) is 0 Å². The van der Waals surface area contributed by atoms with Crippen molar-refractivity contribution < 1.29 is 8.42 Å². The summed E-state index contributed by atoms with van der Waals surface area (Å²) in [5.74, 6) is 2.26. The van der Waals surface area contributed by atoms with Gasteiger partial charge in [0, 0.05) is 58.9 Å².